The van der Waals surface area contributed by atoms with Gasteiger partial charge in [-0.2, -0.15) is 0 Å². The molecule has 1 aromatic heterocycles. The van der Waals surface area contributed by atoms with Crippen molar-refractivity contribution in [3.05, 3.63) is 48.7 Å². The van der Waals surface area contributed by atoms with Crippen molar-refractivity contribution in [3.63, 3.8) is 0 Å². The molecule has 3 aliphatic heterocycles. The van der Waals surface area contributed by atoms with Crippen LogP contribution in [0.15, 0.2) is 63.3 Å². The minimum Gasteiger partial charge on any atom is -0.612 e. The fraction of sp³-hybridized carbons (Fsp3) is 0.700. The van der Waals surface area contributed by atoms with Crippen molar-refractivity contribution in [2.45, 2.75) is 169 Å². The number of hydrogen-bond acceptors (Lipinski definition) is 9. The summed E-state index contributed by atoms with van der Waals surface area (Å²) >= 11 is -1.21. The second-order valence-electron chi connectivity index (χ2n) is 18.2. The number of aromatic nitrogens is 1. The van der Waals surface area contributed by atoms with Crippen LogP contribution in [0.1, 0.15) is 142 Å². The zero-order chi connectivity index (χ0) is 42.9. The summed E-state index contributed by atoms with van der Waals surface area (Å²) in [6, 6.07) is 13.7. The monoisotopic (exact) mass is 878 g/mol. The summed E-state index contributed by atoms with van der Waals surface area (Å²) in [5.74, 6) is 0.691. The van der Waals surface area contributed by atoms with Crippen molar-refractivity contribution in [2.24, 2.45) is 0 Å². The molecule has 3 fully saturated rings. The van der Waals surface area contributed by atoms with Crippen LogP contribution < -0.4 is 9.64 Å². The lowest BCUT2D eigenvalue weighted by Gasteiger charge is -2.46. The summed E-state index contributed by atoms with van der Waals surface area (Å²) in [7, 11) is -3.92. The fourth-order valence-electron chi connectivity index (χ4n) is 10.0. The lowest BCUT2D eigenvalue weighted by atomic mass is 9.99. The van der Waals surface area contributed by atoms with Gasteiger partial charge in [-0.1, -0.05) is 110 Å². The van der Waals surface area contributed by atoms with Crippen LogP contribution in [0.25, 0.3) is 10.9 Å². The molecule has 6 rings (SSSR count). The number of hydrogen-bond donors (Lipinski definition) is 0. The minimum absolute atomic E-state index is 0.210. The number of unbranched alkanes of at least 4 members (excludes halogenated alkanes) is 15. The SMILES string of the molecule is CCCCCCCCCCCCCCCCCCOc1ccc(S(=O)(=O)c2cnc3ccc([S+](C)[O-])cc3c2N2CCC(N3CCN(C4CCN(CC)CC4)CC3)CC2)cc1. The average molecular weight is 878 g/mol. The van der Waals surface area contributed by atoms with E-state index < -0.39 is 21.0 Å². The predicted octanol–water partition coefficient (Wildman–Crippen LogP) is 10.5. The Bertz CT molecular complexity index is 1820. The number of rotatable bonds is 25. The molecule has 340 valence electrons. The van der Waals surface area contributed by atoms with Gasteiger partial charge in [-0.05, 0) is 99.3 Å². The number of piperazine rings is 1. The van der Waals surface area contributed by atoms with E-state index >= 15 is 0 Å². The van der Waals surface area contributed by atoms with E-state index in [1.165, 1.54) is 122 Å². The number of fused-ring (bicyclic) bond motifs is 1. The molecule has 3 saturated heterocycles. The lowest BCUT2D eigenvalue weighted by Crippen LogP contribution is -2.56. The van der Waals surface area contributed by atoms with Crippen LogP contribution in [-0.4, -0.2) is 117 Å². The molecule has 1 atom stereocenters. The predicted molar refractivity (Wildman–Crippen MR) is 255 cm³/mol. The van der Waals surface area contributed by atoms with Gasteiger partial charge in [0.05, 0.1) is 22.7 Å². The molecule has 0 aliphatic carbocycles. The topological polar surface area (TPSA) is 92.3 Å². The molecule has 2 aromatic carbocycles. The molecule has 0 N–H and O–H groups in total. The summed E-state index contributed by atoms with van der Waals surface area (Å²) in [4.78, 5) is 16.0. The second-order valence-corrected chi connectivity index (χ2v) is 21.5. The lowest BCUT2D eigenvalue weighted by molar-refractivity contribution is 0.0384. The maximum absolute atomic E-state index is 14.5. The van der Waals surface area contributed by atoms with Gasteiger partial charge in [0.1, 0.15) is 16.9 Å². The number of likely N-dealkylation sites (tertiary alicyclic amines) is 1. The highest BCUT2D eigenvalue weighted by Crippen LogP contribution is 2.39. The normalized spacial score (nSPS) is 18.6. The van der Waals surface area contributed by atoms with Crippen LogP contribution >= 0.6 is 0 Å². The first kappa shape index (κ1) is 48.1. The quantitative estimate of drug-likeness (QED) is 0.0609. The van der Waals surface area contributed by atoms with Gasteiger partial charge in [-0.3, -0.25) is 14.8 Å². The molecule has 9 nitrogen and oxygen atoms in total. The Hall–Kier alpha value is -2.41. The van der Waals surface area contributed by atoms with Crippen LogP contribution in [0.3, 0.4) is 0 Å². The maximum atomic E-state index is 14.5. The first-order valence-corrected chi connectivity index (χ1v) is 27.5. The molecule has 0 saturated carbocycles. The standard InChI is InChI=1S/C50H79N5O4S2/c1-4-6-7-8-9-10-11-12-13-14-15-16-17-18-19-20-39-59-44-21-24-46(25-22-44)61(57,58)49-41-51-48-26-23-45(60(3)56)40-47(48)50(49)55-33-29-43(30-34-55)54-37-35-53(36-38-54)42-27-31-52(5-2)32-28-42/h21-26,40-43H,4-20,27-39H2,1-3H3. The highest BCUT2D eigenvalue weighted by Gasteiger charge is 2.34. The van der Waals surface area contributed by atoms with Gasteiger partial charge in [-0.15, -0.1) is 0 Å². The molecular formula is C50H79N5O4S2. The highest BCUT2D eigenvalue weighted by atomic mass is 32.2. The fourth-order valence-corrected chi connectivity index (χ4v) is 12.0. The van der Waals surface area contributed by atoms with Gasteiger partial charge >= 0.3 is 0 Å². The number of pyridine rings is 1. The van der Waals surface area contributed by atoms with Gasteiger partial charge in [-0.25, -0.2) is 8.42 Å². The van der Waals surface area contributed by atoms with E-state index in [1.54, 1.807) is 30.5 Å². The van der Waals surface area contributed by atoms with Gasteiger partial charge in [0.25, 0.3) is 0 Å². The molecule has 1 unspecified atom stereocenters. The second kappa shape index (κ2) is 25.2. The number of sulfone groups is 1. The molecule has 11 heteroatoms. The Morgan fingerprint density at radius 2 is 1.18 bits per heavy atom. The molecule has 3 aromatic rings. The molecule has 0 radical (unpaired) electrons. The van der Waals surface area contributed by atoms with Gasteiger partial charge in [0.2, 0.25) is 9.84 Å². The van der Waals surface area contributed by atoms with E-state index in [0.717, 1.165) is 76.9 Å². The van der Waals surface area contributed by atoms with Crippen molar-refractivity contribution < 1.29 is 17.7 Å². The third-order valence-electron chi connectivity index (χ3n) is 14.0. The molecular weight excluding hydrogens is 799 g/mol. The molecule has 4 heterocycles. The Kier molecular flexibility index (Phi) is 19.8. The van der Waals surface area contributed by atoms with Gasteiger partial charge < -0.3 is 19.1 Å². The van der Waals surface area contributed by atoms with E-state index in [4.69, 9.17) is 4.74 Å². The number of anilines is 1. The van der Waals surface area contributed by atoms with E-state index in [9.17, 15) is 13.0 Å². The number of benzene rings is 2. The summed E-state index contributed by atoms with van der Waals surface area (Å²) in [6.07, 6.45) is 29.1. The highest BCUT2D eigenvalue weighted by molar-refractivity contribution is 7.91. The molecule has 0 amide bonds. The van der Waals surface area contributed by atoms with Crippen LogP contribution in [0.5, 0.6) is 5.75 Å². The number of piperidine rings is 2. The van der Waals surface area contributed by atoms with E-state index in [-0.39, 0.29) is 9.79 Å². The van der Waals surface area contributed by atoms with Crippen molar-refractivity contribution in [1.82, 2.24) is 19.7 Å². The summed E-state index contributed by atoms with van der Waals surface area (Å²) in [5, 5.41) is 0.744. The van der Waals surface area contributed by atoms with Crippen LogP contribution in [0.2, 0.25) is 0 Å². The van der Waals surface area contributed by atoms with Crippen molar-refractivity contribution in [3.8, 4) is 5.75 Å². The molecule has 0 bridgehead atoms. The Balaban J connectivity index is 0.979. The summed E-state index contributed by atoms with van der Waals surface area (Å²) < 4.78 is 47.8. The van der Waals surface area contributed by atoms with E-state index in [2.05, 4.69) is 38.4 Å². The molecule has 3 aliphatic rings. The zero-order valence-corrected chi connectivity index (χ0v) is 39.8. The zero-order valence-electron chi connectivity index (χ0n) is 38.2. The largest absolute Gasteiger partial charge is 0.612 e. The smallest absolute Gasteiger partial charge is 0.210 e. The molecule has 0 spiro atoms. The van der Waals surface area contributed by atoms with Crippen molar-refractivity contribution in [1.29, 1.82) is 0 Å². The molecule has 61 heavy (non-hydrogen) atoms. The summed E-state index contributed by atoms with van der Waals surface area (Å²) in [6.45, 7) is 14.8. The Labute approximate surface area is 373 Å². The van der Waals surface area contributed by atoms with Crippen molar-refractivity contribution in [2.75, 3.05) is 76.7 Å². The first-order valence-electron chi connectivity index (χ1n) is 24.5. The number of ether oxygens (including phenoxy) is 1. The summed E-state index contributed by atoms with van der Waals surface area (Å²) in [5.41, 5.74) is 1.40. The first-order chi connectivity index (χ1) is 29.8. The Morgan fingerprint density at radius 3 is 1.69 bits per heavy atom. The average Bonchev–Trinajstić information content (AvgIpc) is 3.29. The van der Waals surface area contributed by atoms with E-state index in [0.29, 0.717) is 40.5 Å². The third kappa shape index (κ3) is 14.0. The minimum atomic E-state index is -3.92. The maximum Gasteiger partial charge on any atom is 0.210 e. The van der Waals surface area contributed by atoms with Crippen LogP contribution in [-0.2, 0) is 21.0 Å². The van der Waals surface area contributed by atoms with Crippen LogP contribution in [0, 0.1) is 0 Å². The van der Waals surface area contributed by atoms with Gasteiger partial charge in [0, 0.05) is 69.0 Å². The van der Waals surface area contributed by atoms with Crippen LogP contribution in [0.4, 0.5) is 5.69 Å². The van der Waals surface area contributed by atoms with E-state index in [1.807, 2.05) is 18.2 Å². The van der Waals surface area contributed by atoms with Gasteiger partial charge in [0.15, 0.2) is 4.90 Å². The Morgan fingerprint density at radius 1 is 0.672 bits per heavy atom. The van der Waals surface area contributed by atoms with Crippen molar-refractivity contribution >= 4 is 37.6 Å². The third-order valence-corrected chi connectivity index (χ3v) is 16.7. The number of nitrogens with zero attached hydrogens (tertiary/aromatic N) is 5.